The third-order valence-electron chi connectivity index (χ3n) is 6.37. The van der Waals surface area contributed by atoms with Crippen molar-refractivity contribution in [3.63, 3.8) is 0 Å². The first-order valence-corrected chi connectivity index (χ1v) is 13.5. The molecular formula is C34H31F3O4. The van der Waals surface area contributed by atoms with E-state index in [4.69, 9.17) is 14.2 Å². The zero-order chi connectivity index (χ0) is 29.2. The number of benzene rings is 4. The fourth-order valence-corrected chi connectivity index (χ4v) is 4.08. The first-order chi connectivity index (χ1) is 19.9. The highest BCUT2D eigenvalue weighted by Gasteiger charge is 2.19. The molecule has 0 aliphatic rings. The maximum atomic E-state index is 14.9. The molecule has 4 aromatic carbocycles. The van der Waals surface area contributed by atoms with E-state index in [9.17, 15) is 18.0 Å². The van der Waals surface area contributed by atoms with Crippen LogP contribution < -0.4 is 14.2 Å². The zero-order valence-electron chi connectivity index (χ0n) is 22.8. The molecule has 0 aliphatic carbocycles. The maximum Gasteiger partial charge on any atom is 0.343 e. The molecule has 0 saturated carbocycles. The lowest BCUT2D eigenvalue weighted by Crippen LogP contribution is -2.10. The number of allylic oxidation sites excluding steroid dienone is 1. The van der Waals surface area contributed by atoms with Crippen molar-refractivity contribution in [3.8, 4) is 39.5 Å². The van der Waals surface area contributed by atoms with Crippen LogP contribution in [0.1, 0.15) is 43.0 Å². The summed E-state index contributed by atoms with van der Waals surface area (Å²) < 4.78 is 60.8. The molecule has 0 bridgehead atoms. The van der Waals surface area contributed by atoms with E-state index in [2.05, 4.69) is 13.5 Å². The Balaban J connectivity index is 1.41. The first-order valence-electron chi connectivity index (χ1n) is 13.5. The molecule has 41 heavy (non-hydrogen) atoms. The lowest BCUT2D eigenvalue weighted by molar-refractivity contribution is 0.0726. The standard InChI is InChI=1S/C34H31F3O4/c1-3-5-7-21-40-27-16-17-28(30(35)22-27)23-8-10-25(11-9-23)34(38)41-31-19-18-29(32(36)33(31)37)24-12-14-26(15-13-24)39-20-6-4-2/h3,8-19,22H,1,4-7,20-21H2,2H3. The molecule has 0 spiro atoms. The summed E-state index contributed by atoms with van der Waals surface area (Å²) >= 11 is 0. The Kier molecular flexibility index (Phi) is 10.2. The highest BCUT2D eigenvalue weighted by Crippen LogP contribution is 2.32. The number of halogens is 3. The van der Waals surface area contributed by atoms with Crippen molar-refractivity contribution in [2.75, 3.05) is 13.2 Å². The highest BCUT2D eigenvalue weighted by molar-refractivity contribution is 5.91. The van der Waals surface area contributed by atoms with Gasteiger partial charge in [-0.3, -0.25) is 0 Å². The number of unbranched alkanes of at least 4 members (excludes halogenated alkanes) is 2. The molecule has 4 rings (SSSR count). The lowest BCUT2D eigenvalue weighted by Gasteiger charge is -2.11. The molecule has 7 heteroatoms. The van der Waals surface area contributed by atoms with Gasteiger partial charge in [-0.05, 0) is 78.9 Å². The molecular weight excluding hydrogens is 529 g/mol. The number of carbonyl (C=O) groups is 1. The summed E-state index contributed by atoms with van der Waals surface area (Å²) in [7, 11) is 0. The van der Waals surface area contributed by atoms with Crippen molar-refractivity contribution >= 4 is 5.97 Å². The fraction of sp³-hybridized carbons (Fsp3) is 0.206. The topological polar surface area (TPSA) is 44.8 Å². The summed E-state index contributed by atoms with van der Waals surface area (Å²) in [5, 5.41) is 0. The molecule has 0 aromatic heterocycles. The average Bonchev–Trinajstić information content (AvgIpc) is 2.99. The van der Waals surface area contributed by atoms with Crippen LogP contribution >= 0.6 is 0 Å². The molecule has 0 radical (unpaired) electrons. The Hall–Kier alpha value is -4.52. The number of esters is 1. The Labute approximate surface area is 238 Å². The average molecular weight is 561 g/mol. The smallest absolute Gasteiger partial charge is 0.343 e. The van der Waals surface area contributed by atoms with Gasteiger partial charge in [-0.2, -0.15) is 4.39 Å². The van der Waals surface area contributed by atoms with Gasteiger partial charge in [0.25, 0.3) is 0 Å². The van der Waals surface area contributed by atoms with Gasteiger partial charge in [0.05, 0.1) is 18.8 Å². The van der Waals surface area contributed by atoms with Crippen LogP contribution in [0.4, 0.5) is 13.2 Å². The summed E-state index contributed by atoms with van der Waals surface area (Å²) in [6.45, 7) is 6.75. The van der Waals surface area contributed by atoms with Gasteiger partial charge in [-0.25, -0.2) is 13.6 Å². The van der Waals surface area contributed by atoms with Crippen molar-refractivity contribution in [1.82, 2.24) is 0 Å². The molecule has 0 aliphatic heterocycles. The van der Waals surface area contributed by atoms with Gasteiger partial charge >= 0.3 is 5.97 Å². The fourth-order valence-electron chi connectivity index (χ4n) is 4.08. The number of hydrogen-bond acceptors (Lipinski definition) is 4. The number of rotatable bonds is 13. The van der Waals surface area contributed by atoms with E-state index in [1.807, 2.05) is 0 Å². The van der Waals surface area contributed by atoms with Crippen molar-refractivity contribution in [1.29, 1.82) is 0 Å². The summed E-state index contributed by atoms with van der Waals surface area (Å²) in [5.41, 5.74) is 1.44. The van der Waals surface area contributed by atoms with Gasteiger partial charge in [-0.1, -0.05) is 43.7 Å². The van der Waals surface area contributed by atoms with Crippen molar-refractivity contribution < 1.29 is 32.2 Å². The molecule has 4 aromatic rings. The van der Waals surface area contributed by atoms with Crippen LogP contribution in [0.3, 0.4) is 0 Å². The van der Waals surface area contributed by atoms with Gasteiger partial charge in [0.15, 0.2) is 11.6 Å². The monoisotopic (exact) mass is 560 g/mol. The second-order valence-electron chi connectivity index (χ2n) is 9.35. The lowest BCUT2D eigenvalue weighted by atomic mass is 10.0. The molecule has 4 nitrogen and oxygen atoms in total. The third kappa shape index (κ3) is 7.57. The molecule has 212 valence electrons. The van der Waals surface area contributed by atoms with Crippen LogP contribution in [0, 0.1) is 17.5 Å². The largest absolute Gasteiger partial charge is 0.494 e. The highest BCUT2D eigenvalue weighted by atomic mass is 19.2. The normalized spacial score (nSPS) is 10.7. The predicted octanol–water partition coefficient (Wildman–Crippen LogP) is 9.18. The van der Waals surface area contributed by atoms with Crippen molar-refractivity contribution in [2.24, 2.45) is 0 Å². The minimum absolute atomic E-state index is 0.0296. The molecule has 0 unspecified atom stereocenters. The van der Waals surface area contributed by atoms with Crippen LogP contribution in [0.2, 0.25) is 0 Å². The van der Waals surface area contributed by atoms with Crippen LogP contribution in [-0.4, -0.2) is 19.2 Å². The van der Waals surface area contributed by atoms with E-state index in [1.165, 1.54) is 30.3 Å². The quantitative estimate of drug-likeness (QED) is 0.0708. The second-order valence-corrected chi connectivity index (χ2v) is 9.35. The van der Waals surface area contributed by atoms with E-state index in [-0.39, 0.29) is 11.1 Å². The second kappa shape index (κ2) is 14.2. The van der Waals surface area contributed by atoms with Crippen molar-refractivity contribution in [2.45, 2.75) is 32.6 Å². The minimum Gasteiger partial charge on any atom is -0.494 e. The van der Waals surface area contributed by atoms with E-state index < -0.39 is 29.2 Å². The Bertz CT molecular complexity index is 1480. The number of carbonyl (C=O) groups excluding carboxylic acids is 1. The number of ether oxygens (including phenoxy) is 3. The zero-order valence-corrected chi connectivity index (χ0v) is 22.8. The summed E-state index contributed by atoms with van der Waals surface area (Å²) in [6, 6.07) is 19.8. The van der Waals surface area contributed by atoms with Crippen LogP contribution in [0.5, 0.6) is 17.2 Å². The molecule has 0 atom stereocenters. The summed E-state index contributed by atoms with van der Waals surface area (Å²) in [4.78, 5) is 12.7. The van der Waals surface area contributed by atoms with Gasteiger partial charge < -0.3 is 14.2 Å². The summed E-state index contributed by atoms with van der Waals surface area (Å²) in [5.74, 6) is -3.22. The third-order valence-corrected chi connectivity index (χ3v) is 6.37. The van der Waals surface area contributed by atoms with E-state index >= 15 is 0 Å². The van der Waals surface area contributed by atoms with Crippen molar-refractivity contribution in [3.05, 3.63) is 115 Å². The molecule has 0 heterocycles. The Morgan fingerprint density at radius 1 is 0.756 bits per heavy atom. The first kappa shape index (κ1) is 29.5. The van der Waals surface area contributed by atoms with Crippen LogP contribution in [-0.2, 0) is 0 Å². The predicted molar refractivity (Wildman–Crippen MR) is 154 cm³/mol. The van der Waals surface area contributed by atoms with Gasteiger partial charge in [0.1, 0.15) is 17.3 Å². The van der Waals surface area contributed by atoms with Crippen LogP contribution in [0.15, 0.2) is 91.5 Å². The molecule has 0 amide bonds. The van der Waals surface area contributed by atoms with E-state index in [0.29, 0.717) is 41.4 Å². The minimum atomic E-state index is -1.27. The SMILES string of the molecule is C=CCCCOc1ccc(-c2ccc(C(=O)Oc3ccc(-c4ccc(OCCCC)cc4)c(F)c3F)cc2)c(F)c1. The van der Waals surface area contributed by atoms with Gasteiger partial charge in [0, 0.05) is 17.2 Å². The Morgan fingerprint density at radius 2 is 1.37 bits per heavy atom. The van der Waals surface area contributed by atoms with E-state index in [1.54, 1.807) is 54.6 Å². The molecule has 0 N–H and O–H groups in total. The molecule has 0 saturated heterocycles. The summed E-state index contributed by atoms with van der Waals surface area (Å²) in [6.07, 6.45) is 5.32. The van der Waals surface area contributed by atoms with Gasteiger partial charge in [-0.15, -0.1) is 6.58 Å². The maximum absolute atomic E-state index is 14.9. The number of hydrogen-bond donors (Lipinski definition) is 0. The Morgan fingerprint density at radius 3 is 2.05 bits per heavy atom. The van der Waals surface area contributed by atoms with Crippen LogP contribution in [0.25, 0.3) is 22.3 Å². The van der Waals surface area contributed by atoms with Gasteiger partial charge in [0.2, 0.25) is 5.82 Å². The molecule has 0 fully saturated rings. The van der Waals surface area contributed by atoms with E-state index in [0.717, 1.165) is 25.7 Å².